The summed E-state index contributed by atoms with van der Waals surface area (Å²) in [5.74, 6) is 0.243. The Bertz CT molecular complexity index is 826. The molecule has 1 saturated heterocycles. The Morgan fingerprint density at radius 3 is 2.63 bits per heavy atom. The zero-order valence-corrected chi connectivity index (χ0v) is 14.8. The number of hydrogen-bond acceptors (Lipinski definition) is 5. The first kappa shape index (κ1) is 18.0. The van der Waals surface area contributed by atoms with Gasteiger partial charge >= 0.3 is 6.18 Å². The molecule has 0 radical (unpaired) electrons. The quantitative estimate of drug-likeness (QED) is 0.713. The highest BCUT2D eigenvalue weighted by Crippen LogP contribution is 2.56. The van der Waals surface area contributed by atoms with Crippen molar-refractivity contribution in [3.05, 3.63) is 47.3 Å². The van der Waals surface area contributed by atoms with Crippen LogP contribution in [0, 0.1) is 0 Å². The molecule has 4 rings (SSSR count). The molecule has 144 valence electrons. The molecule has 2 aliphatic rings. The molecule has 5 nitrogen and oxygen atoms in total. The fourth-order valence-electron chi connectivity index (χ4n) is 3.87. The summed E-state index contributed by atoms with van der Waals surface area (Å²) >= 11 is 0. The van der Waals surface area contributed by atoms with Gasteiger partial charge in [-0.15, -0.1) is 0 Å². The smallest absolute Gasteiger partial charge is 0.398 e. The molecule has 2 aromatic rings. The normalized spacial score (nSPS) is 21.7. The third-order valence-corrected chi connectivity index (χ3v) is 5.40. The maximum absolute atomic E-state index is 13.7. The molecule has 2 fully saturated rings. The van der Waals surface area contributed by atoms with Gasteiger partial charge in [-0.2, -0.15) is 13.2 Å². The first-order valence-corrected chi connectivity index (χ1v) is 9.17. The minimum Gasteiger partial charge on any atom is -0.398 e. The Hall–Kier alpha value is -2.35. The maximum Gasteiger partial charge on any atom is 0.419 e. The van der Waals surface area contributed by atoms with Crippen LogP contribution in [0.1, 0.15) is 42.5 Å². The summed E-state index contributed by atoms with van der Waals surface area (Å²) in [4.78, 5) is 8.32. The van der Waals surface area contributed by atoms with Crippen LogP contribution < -0.4 is 16.4 Å². The summed E-state index contributed by atoms with van der Waals surface area (Å²) in [6, 6.07) is 7.20. The first-order valence-electron chi connectivity index (χ1n) is 9.17. The van der Waals surface area contributed by atoms with E-state index in [0.717, 1.165) is 32.1 Å². The fourth-order valence-corrected chi connectivity index (χ4v) is 3.87. The van der Waals surface area contributed by atoms with Gasteiger partial charge in [0.05, 0.1) is 11.3 Å². The first-order chi connectivity index (χ1) is 12.9. The summed E-state index contributed by atoms with van der Waals surface area (Å²) in [7, 11) is 0. The third-order valence-electron chi connectivity index (χ3n) is 5.40. The van der Waals surface area contributed by atoms with E-state index < -0.39 is 17.2 Å². The van der Waals surface area contributed by atoms with E-state index in [2.05, 4.69) is 20.6 Å². The van der Waals surface area contributed by atoms with E-state index in [0.29, 0.717) is 24.1 Å². The predicted octanol–water partition coefficient (Wildman–Crippen LogP) is 3.32. The molecule has 1 aromatic carbocycles. The topological polar surface area (TPSA) is 75.9 Å². The predicted molar refractivity (Wildman–Crippen MR) is 97.4 cm³/mol. The van der Waals surface area contributed by atoms with Crippen LogP contribution >= 0.6 is 0 Å². The van der Waals surface area contributed by atoms with Crippen molar-refractivity contribution in [3.63, 3.8) is 0 Å². The number of hydrogen-bond donors (Lipinski definition) is 3. The molecule has 4 N–H and O–H groups in total. The molecule has 1 aliphatic heterocycles. The Morgan fingerprint density at radius 1 is 1.22 bits per heavy atom. The van der Waals surface area contributed by atoms with Gasteiger partial charge in [0, 0.05) is 29.9 Å². The summed E-state index contributed by atoms with van der Waals surface area (Å²) in [5.41, 5.74) is 5.73. The summed E-state index contributed by atoms with van der Waals surface area (Å²) < 4.78 is 41.0. The second-order valence-corrected chi connectivity index (χ2v) is 7.31. The van der Waals surface area contributed by atoms with Gasteiger partial charge in [-0.05, 0) is 43.9 Å². The van der Waals surface area contributed by atoms with Crippen molar-refractivity contribution >= 4 is 11.6 Å². The van der Waals surface area contributed by atoms with Gasteiger partial charge in [-0.3, -0.25) is 0 Å². The number of nitrogens with one attached hydrogen (secondary N) is 2. The van der Waals surface area contributed by atoms with Crippen molar-refractivity contribution in [1.29, 1.82) is 0 Å². The highest BCUT2D eigenvalue weighted by atomic mass is 19.4. The molecular weight excluding hydrogens is 355 g/mol. The fraction of sp³-hybridized carbons (Fsp3) is 0.474. The van der Waals surface area contributed by atoms with Gasteiger partial charge in [0.1, 0.15) is 0 Å². The average Bonchev–Trinajstić information content (AvgIpc) is 3.44. The molecule has 0 bridgehead atoms. The molecule has 2 heterocycles. The summed E-state index contributed by atoms with van der Waals surface area (Å²) in [6.45, 7) is 1.70. The van der Waals surface area contributed by atoms with Crippen LogP contribution in [0.5, 0.6) is 0 Å². The van der Waals surface area contributed by atoms with Crippen molar-refractivity contribution in [1.82, 2.24) is 15.3 Å². The van der Waals surface area contributed by atoms with Crippen molar-refractivity contribution < 1.29 is 13.2 Å². The molecule has 0 amide bonds. The monoisotopic (exact) mass is 377 g/mol. The van der Waals surface area contributed by atoms with E-state index in [4.69, 9.17) is 5.73 Å². The zero-order chi connectivity index (χ0) is 19.1. The van der Waals surface area contributed by atoms with Gasteiger partial charge < -0.3 is 16.4 Å². The minimum absolute atomic E-state index is 0.0224. The van der Waals surface area contributed by atoms with Gasteiger partial charge in [0.2, 0.25) is 5.95 Å². The Kier molecular flexibility index (Phi) is 4.46. The number of anilines is 2. The Balaban J connectivity index is 1.75. The zero-order valence-electron chi connectivity index (χ0n) is 14.8. The van der Waals surface area contributed by atoms with E-state index in [-0.39, 0.29) is 17.7 Å². The van der Waals surface area contributed by atoms with E-state index in [9.17, 15) is 13.2 Å². The highest BCUT2D eigenvalue weighted by Gasteiger charge is 2.53. The van der Waals surface area contributed by atoms with Crippen LogP contribution in [-0.2, 0) is 11.6 Å². The number of para-hydroxylation sites is 1. The Morgan fingerprint density at radius 2 is 2.00 bits per heavy atom. The van der Waals surface area contributed by atoms with Crippen LogP contribution in [0.15, 0.2) is 30.5 Å². The van der Waals surface area contributed by atoms with Gasteiger partial charge in [-0.25, -0.2) is 9.97 Å². The third kappa shape index (κ3) is 3.45. The number of nitrogen functional groups attached to an aromatic ring is 1. The van der Waals surface area contributed by atoms with Crippen LogP contribution in [0.4, 0.5) is 24.8 Å². The number of aromatic nitrogens is 2. The van der Waals surface area contributed by atoms with Crippen molar-refractivity contribution in [2.24, 2.45) is 0 Å². The Labute approximate surface area is 155 Å². The second-order valence-electron chi connectivity index (χ2n) is 7.31. The SMILES string of the molecule is Nc1ccccc1C1(c2nc(N[C@H]3CCCNC3)ncc2C(F)(F)F)CC1. The second kappa shape index (κ2) is 6.67. The average molecular weight is 377 g/mol. The largest absolute Gasteiger partial charge is 0.419 e. The van der Waals surface area contributed by atoms with E-state index in [1.807, 2.05) is 0 Å². The summed E-state index contributed by atoms with van der Waals surface area (Å²) in [6.07, 6.45) is -0.490. The van der Waals surface area contributed by atoms with E-state index in [1.54, 1.807) is 24.3 Å². The summed E-state index contributed by atoms with van der Waals surface area (Å²) in [5, 5.41) is 6.45. The molecule has 8 heteroatoms. The van der Waals surface area contributed by atoms with E-state index >= 15 is 0 Å². The molecule has 1 aromatic heterocycles. The standard InChI is InChI=1S/C19H22F3N5/c20-19(21,22)14-11-25-17(26-12-4-3-9-24-10-12)27-16(14)18(7-8-18)13-5-1-2-6-15(13)23/h1-2,5-6,11-12,24H,3-4,7-10,23H2,(H,25,26,27)/t12-/m0/s1. The highest BCUT2D eigenvalue weighted by molar-refractivity contribution is 5.58. The van der Waals surface area contributed by atoms with Gasteiger partial charge in [0.15, 0.2) is 0 Å². The van der Waals surface area contributed by atoms with Crippen molar-refractivity contribution in [2.75, 3.05) is 24.1 Å². The molecule has 0 unspecified atom stereocenters. The number of nitrogens with zero attached hydrogens (tertiary/aromatic N) is 2. The number of rotatable bonds is 4. The molecule has 0 spiro atoms. The lowest BCUT2D eigenvalue weighted by atomic mass is 9.88. The lowest BCUT2D eigenvalue weighted by Gasteiger charge is -2.26. The number of halogens is 3. The maximum atomic E-state index is 13.7. The van der Waals surface area contributed by atoms with Crippen molar-refractivity contribution in [3.8, 4) is 0 Å². The van der Waals surface area contributed by atoms with Crippen LogP contribution in [0.3, 0.4) is 0 Å². The molecule has 1 aliphatic carbocycles. The number of piperidine rings is 1. The van der Waals surface area contributed by atoms with Gasteiger partial charge in [0.25, 0.3) is 0 Å². The number of benzene rings is 1. The lowest BCUT2D eigenvalue weighted by Crippen LogP contribution is -2.39. The molecular formula is C19H22F3N5. The van der Waals surface area contributed by atoms with E-state index in [1.165, 1.54) is 0 Å². The van der Waals surface area contributed by atoms with Crippen LogP contribution in [0.2, 0.25) is 0 Å². The molecule has 27 heavy (non-hydrogen) atoms. The van der Waals surface area contributed by atoms with Crippen LogP contribution in [0.25, 0.3) is 0 Å². The number of alkyl halides is 3. The molecule has 1 atom stereocenters. The minimum atomic E-state index is -4.51. The molecule has 1 saturated carbocycles. The number of nitrogens with two attached hydrogens (primary N) is 1. The van der Waals surface area contributed by atoms with Crippen LogP contribution in [-0.4, -0.2) is 29.1 Å². The van der Waals surface area contributed by atoms with Gasteiger partial charge in [-0.1, -0.05) is 18.2 Å². The van der Waals surface area contributed by atoms with Crippen molar-refractivity contribution in [2.45, 2.75) is 43.3 Å². The lowest BCUT2D eigenvalue weighted by molar-refractivity contribution is -0.139.